The van der Waals surface area contributed by atoms with Crippen LogP contribution in [0.5, 0.6) is 0 Å². The average molecular weight is 320 g/mol. The molecule has 10 nitrogen and oxygen atoms in total. The number of carbonyl (C=O) groups excluding carboxylic acids is 4. The van der Waals surface area contributed by atoms with Crippen LogP contribution >= 0.6 is 0 Å². The molecule has 1 aromatic carbocycles. The molecule has 0 spiro atoms. The minimum absolute atomic E-state index is 0.0324. The number of amides is 6. The van der Waals surface area contributed by atoms with Gasteiger partial charge in [0.25, 0.3) is 5.91 Å². The Morgan fingerprint density at radius 1 is 1.09 bits per heavy atom. The van der Waals surface area contributed by atoms with Crippen LogP contribution in [0.3, 0.4) is 0 Å². The Morgan fingerprint density at radius 3 is 2.26 bits per heavy atom. The Morgan fingerprint density at radius 2 is 1.83 bits per heavy atom. The molecule has 0 saturated carbocycles. The van der Waals surface area contributed by atoms with Gasteiger partial charge in [-0.05, 0) is 18.2 Å². The van der Waals surface area contributed by atoms with Gasteiger partial charge in [-0.3, -0.25) is 14.9 Å². The third-order valence-electron chi connectivity index (χ3n) is 2.86. The number of carbonyl (C=O) groups is 5. The first kappa shape index (κ1) is 15.9. The van der Waals surface area contributed by atoms with E-state index in [1.807, 2.05) is 5.32 Å². The van der Waals surface area contributed by atoms with Crippen molar-refractivity contribution in [3.63, 3.8) is 0 Å². The molecule has 0 aromatic heterocycles. The second kappa shape index (κ2) is 6.56. The number of benzene rings is 1. The highest BCUT2D eigenvalue weighted by Crippen LogP contribution is 2.18. The predicted molar refractivity (Wildman–Crippen MR) is 75.8 cm³/mol. The average Bonchev–Trinajstić information content (AvgIpc) is 3.04. The molecule has 2 aliphatic heterocycles. The topological polar surface area (TPSA) is 145 Å². The number of carboxylic acids is 1. The van der Waals surface area contributed by atoms with Gasteiger partial charge >= 0.3 is 18.0 Å². The number of nitrogens with zero attached hydrogens (tertiary/aromatic N) is 1. The number of hydrogen-bond donors (Lipinski definition) is 4. The van der Waals surface area contributed by atoms with E-state index in [-0.39, 0.29) is 30.2 Å². The molecule has 1 aromatic rings. The van der Waals surface area contributed by atoms with Crippen LogP contribution in [0, 0.1) is 0 Å². The first-order valence-corrected chi connectivity index (χ1v) is 6.40. The molecule has 0 radical (unpaired) electrons. The molecule has 4 N–H and O–H groups in total. The van der Waals surface area contributed by atoms with E-state index in [1.54, 1.807) is 0 Å². The number of carboxylic acid groups (broad SMARTS) is 1. The molecule has 120 valence electrons. The maximum absolute atomic E-state index is 11.4. The summed E-state index contributed by atoms with van der Waals surface area (Å²) in [5.74, 6) is -1.76. The summed E-state index contributed by atoms with van der Waals surface area (Å²) in [5.41, 5.74) is 0.296. The van der Waals surface area contributed by atoms with Gasteiger partial charge in [0.2, 0.25) is 5.91 Å². The number of urea groups is 2. The zero-order valence-electron chi connectivity index (χ0n) is 11.7. The highest BCUT2D eigenvalue weighted by molar-refractivity contribution is 6.20. The van der Waals surface area contributed by atoms with Crippen molar-refractivity contribution >= 4 is 35.5 Å². The van der Waals surface area contributed by atoms with Crippen molar-refractivity contribution in [1.29, 1.82) is 0 Å². The van der Waals surface area contributed by atoms with Gasteiger partial charge in [-0.15, -0.1) is 0 Å². The van der Waals surface area contributed by atoms with Crippen molar-refractivity contribution in [3.05, 3.63) is 29.8 Å². The summed E-state index contributed by atoms with van der Waals surface area (Å²) in [4.78, 5) is 54.4. The molecule has 6 amide bonds. The second-order valence-corrected chi connectivity index (χ2v) is 4.47. The van der Waals surface area contributed by atoms with Crippen molar-refractivity contribution < 1.29 is 29.1 Å². The van der Waals surface area contributed by atoms with Crippen LogP contribution in [-0.2, 0) is 9.59 Å². The number of aromatic carboxylic acids is 1. The van der Waals surface area contributed by atoms with Crippen molar-refractivity contribution in [2.24, 2.45) is 0 Å². The van der Waals surface area contributed by atoms with Crippen LogP contribution < -0.4 is 20.9 Å². The predicted octanol–water partition coefficient (Wildman–Crippen LogP) is -0.733. The number of imide groups is 2. The molecule has 2 saturated heterocycles. The summed E-state index contributed by atoms with van der Waals surface area (Å²) < 4.78 is 0. The van der Waals surface area contributed by atoms with E-state index in [4.69, 9.17) is 5.11 Å². The SMILES string of the molecule is O=C(O)c1cccc(N2C(=O)CNC2=O)c1.O=C1CNC(=O)N1. The van der Waals surface area contributed by atoms with Crippen molar-refractivity contribution in [3.8, 4) is 0 Å². The maximum Gasteiger partial charge on any atom is 0.335 e. The second-order valence-electron chi connectivity index (χ2n) is 4.47. The van der Waals surface area contributed by atoms with E-state index in [9.17, 15) is 24.0 Å². The fraction of sp³-hybridized carbons (Fsp3) is 0.154. The number of rotatable bonds is 2. The lowest BCUT2D eigenvalue weighted by Crippen LogP contribution is -2.30. The van der Waals surface area contributed by atoms with Crippen LogP contribution in [-0.4, -0.2) is 48.0 Å². The van der Waals surface area contributed by atoms with E-state index in [1.165, 1.54) is 24.3 Å². The number of hydrogen-bond acceptors (Lipinski definition) is 5. The van der Waals surface area contributed by atoms with Gasteiger partial charge < -0.3 is 15.7 Å². The Bertz CT molecular complexity index is 671. The first-order chi connectivity index (χ1) is 10.9. The van der Waals surface area contributed by atoms with Gasteiger partial charge in [0.15, 0.2) is 0 Å². The fourth-order valence-electron chi connectivity index (χ4n) is 1.84. The van der Waals surface area contributed by atoms with Gasteiger partial charge in [0.05, 0.1) is 24.3 Å². The Labute approximate surface area is 129 Å². The third kappa shape index (κ3) is 3.81. The summed E-state index contributed by atoms with van der Waals surface area (Å²) in [6.45, 7) is 0.0645. The zero-order valence-corrected chi connectivity index (χ0v) is 11.7. The summed E-state index contributed by atoms with van der Waals surface area (Å²) in [5, 5.41) is 15.4. The van der Waals surface area contributed by atoms with E-state index >= 15 is 0 Å². The summed E-state index contributed by atoms with van der Waals surface area (Å²) in [6, 6.07) is 4.74. The fourth-order valence-corrected chi connectivity index (χ4v) is 1.84. The van der Waals surface area contributed by atoms with E-state index in [2.05, 4.69) is 10.6 Å². The van der Waals surface area contributed by atoms with Gasteiger partial charge in [0, 0.05) is 0 Å². The lowest BCUT2D eigenvalue weighted by atomic mass is 10.2. The molecule has 2 heterocycles. The standard InChI is InChI=1S/C10H8N2O4.C3H4N2O2/c13-8-5-11-10(16)12(8)7-3-1-2-6(4-7)9(14)15;6-2-1-4-3(7)5-2/h1-4H,5H2,(H,11,16)(H,14,15);1H2,(H2,4,5,6,7). The molecular weight excluding hydrogens is 308 g/mol. The molecule has 0 aliphatic carbocycles. The van der Waals surface area contributed by atoms with E-state index in [0.717, 1.165) is 4.90 Å². The van der Waals surface area contributed by atoms with Gasteiger partial charge in [-0.2, -0.15) is 0 Å². The van der Waals surface area contributed by atoms with Gasteiger partial charge in [-0.1, -0.05) is 6.07 Å². The highest BCUT2D eigenvalue weighted by Gasteiger charge is 2.30. The van der Waals surface area contributed by atoms with Gasteiger partial charge in [-0.25, -0.2) is 19.3 Å². The van der Waals surface area contributed by atoms with Crippen molar-refractivity contribution in [2.75, 3.05) is 18.0 Å². The lowest BCUT2D eigenvalue weighted by molar-refractivity contribution is -0.118. The number of nitrogens with one attached hydrogen (secondary N) is 3. The Hall–Kier alpha value is -3.43. The van der Waals surface area contributed by atoms with Crippen LogP contribution in [0.2, 0.25) is 0 Å². The molecule has 2 fully saturated rings. The smallest absolute Gasteiger partial charge is 0.335 e. The first-order valence-electron chi connectivity index (χ1n) is 6.40. The molecule has 0 unspecified atom stereocenters. The molecule has 10 heteroatoms. The van der Waals surface area contributed by atoms with E-state index < -0.39 is 23.9 Å². The molecule has 23 heavy (non-hydrogen) atoms. The minimum atomic E-state index is -1.10. The number of anilines is 1. The normalized spacial score (nSPS) is 16.3. The van der Waals surface area contributed by atoms with E-state index in [0.29, 0.717) is 0 Å². The Balaban J connectivity index is 0.000000229. The molecule has 0 atom stereocenters. The molecule has 2 aliphatic rings. The summed E-state index contributed by atoms with van der Waals surface area (Å²) in [7, 11) is 0. The molecule has 0 bridgehead atoms. The van der Waals surface area contributed by atoms with Crippen LogP contribution in [0.1, 0.15) is 10.4 Å². The minimum Gasteiger partial charge on any atom is -0.478 e. The zero-order chi connectivity index (χ0) is 17.0. The summed E-state index contributed by atoms with van der Waals surface area (Å²) >= 11 is 0. The van der Waals surface area contributed by atoms with Crippen LogP contribution in [0.25, 0.3) is 0 Å². The Kier molecular flexibility index (Phi) is 4.55. The lowest BCUT2D eigenvalue weighted by Gasteiger charge is -2.12. The van der Waals surface area contributed by atoms with Crippen molar-refractivity contribution in [2.45, 2.75) is 0 Å². The third-order valence-corrected chi connectivity index (χ3v) is 2.86. The summed E-state index contributed by atoms with van der Waals surface area (Å²) in [6.07, 6.45) is 0. The quantitative estimate of drug-likeness (QED) is 0.528. The highest BCUT2D eigenvalue weighted by atomic mass is 16.4. The van der Waals surface area contributed by atoms with Crippen LogP contribution in [0.15, 0.2) is 24.3 Å². The largest absolute Gasteiger partial charge is 0.478 e. The maximum atomic E-state index is 11.4. The molecular formula is C13H12N4O6. The van der Waals surface area contributed by atoms with Crippen LogP contribution in [0.4, 0.5) is 15.3 Å². The molecule has 3 rings (SSSR count). The van der Waals surface area contributed by atoms with Gasteiger partial charge in [0.1, 0.15) is 0 Å². The van der Waals surface area contributed by atoms with Crippen molar-refractivity contribution in [1.82, 2.24) is 16.0 Å². The monoisotopic (exact) mass is 320 g/mol.